The van der Waals surface area contributed by atoms with Crippen LogP contribution in [0.3, 0.4) is 0 Å². The van der Waals surface area contributed by atoms with Crippen LogP contribution in [0.2, 0.25) is 0 Å². The normalized spacial score (nSPS) is 10.3. The standard InChI is InChI=1S/C16H13N3O3S/c1-22-13-7-3-2-5-10(13)16-18-11(9-23-16)15(21)19-14-12(20)6-4-8-17-14/h2-9,20H,1H3,(H,17,19,21). The van der Waals surface area contributed by atoms with Crippen molar-refractivity contribution in [1.82, 2.24) is 9.97 Å². The zero-order valence-corrected chi connectivity index (χ0v) is 13.0. The minimum atomic E-state index is -0.434. The predicted octanol–water partition coefficient (Wildman–Crippen LogP) is 3.17. The molecule has 0 aliphatic rings. The first-order chi connectivity index (χ1) is 11.2. The van der Waals surface area contributed by atoms with Crippen LogP contribution in [0, 0.1) is 0 Å². The molecular weight excluding hydrogens is 314 g/mol. The third kappa shape index (κ3) is 3.14. The first kappa shape index (κ1) is 15.0. The molecule has 3 aromatic rings. The topological polar surface area (TPSA) is 84.3 Å². The SMILES string of the molecule is COc1ccccc1-c1nc(C(=O)Nc2ncccc2O)cs1. The van der Waals surface area contributed by atoms with E-state index in [1.54, 1.807) is 18.6 Å². The van der Waals surface area contributed by atoms with Crippen molar-refractivity contribution in [3.63, 3.8) is 0 Å². The number of pyridine rings is 1. The van der Waals surface area contributed by atoms with Crippen molar-refractivity contribution in [1.29, 1.82) is 0 Å². The van der Waals surface area contributed by atoms with Gasteiger partial charge in [0, 0.05) is 11.6 Å². The summed E-state index contributed by atoms with van der Waals surface area (Å²) in [6.45, 7) is 0. The van der Waals surface area contributed by atoms with Crippen molar-refractivity contribution in [2.75, 3.05) is 12.4 Å². The van der Waals surface area contributed by atoms with Crippen LogP contribution in [0.25, 0.3) is 10.6 Å². The Labute approximate surface area is 136 Å². The van der Waals surface area contributed by atoms with E-state index >= 15 is 0 Å². The van der Waals surface area contributed by atoms with E-state index in [9.17, 15) is 9.90 Å². The Morgan fingerprint density at radius 2 is 2.09 bits per heavy atom. The second-order valence-corrected chi connectivity index (χ2v) is 5.42. The first-order valence-electron chi connectivity index (χ1n) is 6.73. The number of hydrogen-bond acceptors (Lipinski definition) is 6. The molecule has 2 N–H and O–H groups in total. The molecule has 6 nitrogen and oxygen atoms in total. The molecule has 23 heavy (non-hydrogen) atoms. The third-order valence-corrected chi connectivity index (χ3v) is 3.97. The van der Waals surface area contributed by atoms with Crippen molar-refractivity contribution >= 4 is 23.1 Å². The molecule has 0 saturated carbocycles. The van der Waals surface area contributed by atoms with Crippen molar-refractivity contribution < 1.29 is 14.6 Å². The van der Waals surface area contributed by atoms with E-state index in [-0.39, 0.29) is 17.3 Å². The lowest BCUT2D eigenvalue weighted by Crippen LogP contribution is -2.13. The van der Waals surface area contributed by atoms with Crippen molar-refractivity contribution in [3.8, 4) is 22.1 Å². The van der Waals surface area contributed by atoms with Crippen LogP contribution in [0.4, 0.5) is 5.82 Å². The van der Waals surface area contributed by atoms with E-state index in [1.807, 2.05) is 24.3 Å². The molecule has 0 aliphatic carbocycles. The monoisotopic (exact) mass is 327 g/mol. The van der Waals surface area contributed by atoms with Gasteiger partial charge in [0.2, 0.25) is 0 Å². The number of hydrogen-bond donors (Lipinski definition) is 2. The lowest BCUT2D eigenvalue weighted by molar-refractivity contribution is 0.102. The highest BCUT2D eigenvalue weighted by Gasteiger charge is 2.15. The van der Waals surface area contributed by atoms with Crippen LogP contribution < -0.4 is 10.1 Å². The van der Waals surface area contributed by atoms with Gasteiger partial charge in [0.05, 0.1) is 12.7 Å². The Kier molecular flexibility index (Phi) is 4.20. The van der Waals surface area contributed by atoms with E-state index < -0.39 is 5.91 Å². The minimum absolute atomic E-state index is 0.0963. The molecule has 2 heterocycles. The van der Waals surface area contributed by atoms with Crippen LogP contribution in [0.1, 0.15) is 10.5 Å². The Hall–Kier alpha value is -2.93. The largest absolute Gasteiger partial charge is 0.504 e. The average Bonchev–Trinajstić information content (AvgIpc) is 3.07. The number of methoxy groups -OCH3 is 1. The molecule has 0 bridgehead atoms. The van der Waals surface area contributed by atoms with E-state index in [4.69, 9.17) is 4.74 Å². The summed E-state index contributed by atoms with van der Waals surface area (Å²) in [7, 11) is 1.59. The Bertz CT molecular complexity index is 848. The smallest absolute Gasteiger partial charge is 0.276 e. The molecule has 0 radical (unpaired) electrons. The number of carbonyl (C=O) groups excluding carboxylic acids is 1. The fourth-order valence-electron chi connectivity index (χ4n) is 1.99. The van der Waals surface area contributed by atoms with Gasteiger partial charge >= 0.3 is 0 Å². The number of aromatic hydroxyl groups is 1. The average molecular weight is 327 g/mol. The zero-order valence-electron chi connectivity index (χ0n) is 12.2. The van der Waals surface area contributed by atoms with Gasteiger partial charge in [0.1, 0.15) is 16.5 Å². The predicted molar refractivity (Wildman–Crippen MR) is 88.0 cm³/mol. The first-order valence-corrected chi connectivity index (χ1v) is 7.61. The molecule has 116 valence electrons. The van der Waals surface area contributed by atoms with Gasteiger partial charge in [-0.2, -0.15) is 0 Å². The molecule has 0 unspecified atom stereocenters. The van der Waals surface area contributed by atoms with Gasteiger partial charge < -0.3 is 15.2 Å². The van der Waals surface area contributed by atoms with Crippen LogP contribution >= 0.6 is 11.3 Å². The summed E-state index contributed by atoms with van der Waals surface area (Å²) in [5.74, 6) is 0.262. The Morgan fingerprint density at radius 3 is 2.87 bits per heavy atom. The van der Waals surface area contributed by atoms with Crippen molar-refractivity contribution in [3.05, 3.63) is 53.7 Å². The molecule has 0 atom stereocenters. The molecule has 7 heteroatoms. The summed E-state index contributed by atoms with van der Waals surface area (Å²) in [5.41, 5.74) is 1.07. The van der Waals surface area contributed by atoms with E-state index in [1.165, 1.54) is 23.6 Å². The Balaban J connectivity index is 1.84. The second-order valence-electron chi connectivity index (χ2n) is 4.56. The van der Waals surface area contributed by atoms with Crippen LogP contribution in [-0.4, -0.2) is 28.1 Å². The number of nitrogens with one attached hydrogen (secondary N) is 1. The highest BCUT2D eigenvalue weighted by atomic mass is 32.1. The molecule has 0 aliphatic heterocycles. The number of rotatable bonds is 4. The quantitative estimate of drug-likeness (QED) is 0.769. The molecule has 1 amide bonds. The maximum Gasteiger partial charge on any atom is 0.276 e. The van der Waals surface area contributed by atoms with Gasteiger partial charge in [-0.3, -0.25) is 4.79 Å². The number of anilines is 1. The highest BCUT2D eigenvalue weighted by molar-refractivity contribution is 7.13. The van der Waals surface area contributed by atoms with Crippen LogP contribution in [0.5, 0.6) is 11.5 Å². The number of para-hydroxylation sites is 1. The van der Waals surface area contributed by atoms with Crippen LogP contribution in [0.15, 0.2) is 48.0 Å². The molecule has 0 fully saturated rings. The molecule has 2 aromatic heterocycles. The van der Waals surface area contributed by atoms with Gasteiger partial charge in [-0.05, 0) is 24.3 Å². The summed E-state index contributed by atoms with van der Waals surface area (Å²) in [4.78, 5) is 20.5. The molecule has 0 saturated heterocycles. The zero-order chi connectivity index (χ0) is 16.2. The van der Waals surface area contributed by atoms with Gasteiger partial charge in [-0.1, -0.05) is 12.1 Å². The fraction of sp³-hybridized carbons (Fsp3) is 0.0625. The summed E-state index contributed by atoms with van der Waals surface area (Å²) in [5, 5.41) is 14.5. The van der Waals surface area contributed by atoms with Gasteiger partial charge in [-0.15, -0.1) is 11.3 Å². The van der Waals surface area contributed by atoms with Gasteiger partial charge in [0.15, 0.2) is 11.6 Å². The number of nitrogens with zero attached hydrogens (tertiary/aromatic N) is 2. The van der Waals surface area contributed by atoms with Crippen molar-refractivity contribution in [2.24, 2.45) is 0 Å². The molecule has 0 spiro atoms. The summed E-state index contributed by atoms with van der Waals surface area (Å²) in [6, 6.07) is 10.5. The van der Waals surface area contributed by atoms with E-state index in [2.05, 4.69) is 15.3 Å². The summed E-state index contributed by atoms with van der Waals surface area (Å²) < 4.78 is 5.30. The number of aromatic nitrogens is 2. The number of ether oxygens (including phenoxy) is 1. The van der Waals surface area contributed by atoms with Gasteiger partial charge in [0.25, 0.3) is 5.91 Å². The highest BCUT2D eigenvalue weighted by Crippen LogP contribution is 2.32. The second kappa shape index (κ2) is 6.45. The molecule has 1 aromatic carbocycles. The lowest BCUT2D eigenvalue weighted by atomic mass is 10.2. The van der Waals surface area contributed by atoms with E-state index in [0.717, 1.165) is 5.56 Å². The Morgan fingerprint density at radius 1 is 1.26 bits per heavy atom. The summed E-state index contributed by atoms with van der Waals surface area (Å²) >= 11 is 1.34. The molecule has 3 rings (SSSR count). The number of carbonyl (C=O) groups is 1. The minimum Gasteiger partial charge on any atom is -0.504 e. The lowest BCUT2D eigenvalue weighted by Gasteiger charge is -2.05. The van der Waals surface area contributed by atoms with E-state index in [0.29, 0.717) is 10.8 Å². The maximum absolute atomic E-state index is 12.2. The van der Waals surface area contributed by atoms with Gasteiger partial charge in [-0.25, -0.2) is 9.97 Å². The molecular formula is C16H13N3O3S. The van der Waals surface area contributed by atoms with Crippen LogP contribution in [-0.2, 0) is 0 Å². The number of thiazole rings is 1. The maximum atomic E-state index is 12.2. The van der Waals surface area contributed by atoms with Crippen molar-refractivity contribution in [2.45, 2.75) is 0 Å². The summed E-state index contributed by atoms with van der Waals surface area (Å²) in [6.07, 6.45) is 1.48. The number of amides is 1. The fourth-order valence-corrected chi connectivity index (χ4v) is 2.82. The number of benzene rings is 1. The third-order valence-electron chi connectivity index (χ3n) is 3.09.